The first kappa shape index (κ1) is 13.6. The first-order chi connectivity index (χ1) is 9.97. The lowest BCUT2D eigenvalue weighted by Crippen LogP contribution is -2.11. The Hall–Kier alpha value is -2.36. The van der Waals surface area contributed by atoms with E-state index in [0.717, 1.165) is 35.2 Å². The van der Waals surface area contributed by atoms with Crippen molar-refractivity contribution in [2.45, 2.75) is 19.3 Å². The molecule has 0 fully saturated rings. The van der Waals surface area contributed by atoms with E-state index < -0.39 is 16.8 Å². The van der Waals surface area contributed by atoms with Gasteiger partial charge in [-0.1, -0.05) is 0 Å². The Balaban J connectivity index is 2.22. The minimum absolute atomic E-state index is 0.0237. The Kier molecular flexibility index (Phi) is 3.16. The molecule has 10 heteroatoms. The Morgan fingerprint density at radius 2 is 2.19 bits per heavy atom. The molecule has 0 unspecified atom stereocenters. The molecule has 1 N–H and O–H groups in total. The maximum atomic E-state index is 11.4. The maximum absolute atomic E-state index is 11.4. The molecule has 0 spiro atoms. The van der Waals surface area contributed by atoms with E-state index in [4.69, 9.17) is 0 Å². The average Bonchev–Trinajstić information content (AvgIpc) is 3.02. The molecule has 0 aliphatic heterocycles. The third kappa shape index (κ3) is 2.27. The fourth-order valence-electron chi connectivity index (χ4n) is 2.28. The summed E-state index contributed by atoms with van der Waals surface area (Å²) in [4.78, 5) is 29.3. The van der Waals surface area contributed by atoms with E-state index in [2.05, 4.69) is 31.0 Å². The highest BCUT2D eigenvalue weighted by Gasteiger charge is 2.27. The van der Waals surface area contributed by atoms with Crippen LogP contribution < -0.4 is 0 Å². The molecule has 0 aromatic carbocycles. The van der Waals surface area contributed by atoms with Crippen molar-refractivity contribution < 1.29 is 14.8 Å². The molecule has 0 atom stereocenters. The van der Waals surface area contributed by atoms with E-state index >= 15 is 0 Å². The number of pyridine rings is 1. The number of carbonyl (C=O) groups is 1. The molecule has 0 saturated carbocycles. The molecule has 3 rings (SSSR count). The summed E-state index contributed by atoms with van der Waals surface area (Å²) in [7, 11) is 0. The van der Waals surface area contributed by atoms with Crippen molar-refractivity contribution in [1.82, 2.24) is 19.7 Å². The molecule has 2 heterocycles. The molecule has 108 valence electrons. The molecule has 0 saturated heterocycles. The van der Waals surface area contributed by atoms with E-state index in [1.165, 1.54) is 0 Å². The lowest BCUT2D eigenvalue weighted by atomic mass is 10.1. The van der Waals surface area contributed by atoms with Gasteiger partial charge in [-0.05, 0) is 40.8 Å². The molecule has 0 radical (unpaired) electrons. The molecule has 2 aromatic heterocycles. The molecule has 1 aliphatic carbocycles. The van der Waals surface area contributed by atoms with Gasteiger partial charge in [0.2, 0.25) is 0 Å². The van der Waals surface area contributed by atoms with E-state index in [1.54, 1.807) is 6.07 Å². The minimum atomic E-state index is -1.17. The van der Waals surface area contributed by atoms with Crippen molar-refractivity contribution in [1.29, 1.82) is 0 Å². The van der Waals surface area contributed by atoms with Crippen molar-refractivity contribution in [3.05, 3.63) is 37.7 Å². The van der Waals surface area contributed by atoms with Gasteiger partial charge < -0.3 is 15.2 Å². The lowest BCUT2D eigenvalue weighted by molar-refractivity contribution is -0.394. The first-order valence-electron chi connectivity index (χ1n) is 6.01. The third-order valence-corrected chi connectivity index (χ3v) is 3.69. The zero-order valence-electron chi connectivity index (χ0n) is 10.5. The van der Waals surface area contributed by atoms with Gasteiger partial charge in [0.15, 0.2) is 5.82 Å². The Labute approximate surface area is 125 Å². The van der Waals surface area contributed by atoms with Crippen LogP contribution in [0, 0.1) is 10.1 Å². The summed E-state index contributed by atoms with van der Waals surface area (Å²) in [6.45, 7) is 0. The minimum Gasteiger partial charge on any atom is -0.478 e. The standard InChI is InChI=1S/C11H8BrN5O4/c12-10-14-11(17(20)21)15-16(10)8-6(9(18)19)4-5-2-1-3-7(5)13-8/h4H,1-3H2,(H,18,19). The summed E-state index contributed by atoms with van der Waals surface area (Å²) in [5.41, 5.74) is 1.62. The maximum Gasteiger partial charge on any atom is 0.492 e. The highest BCUT2D eigenvalue weighted by molar-refractivity contribution is 9.10. The number of fused-ring (bicyclic) bond motifs is 1. The highest BCUT2D eigenvalue weighted by atomic mass is 79.9. The molecule has 1 aliphatic rings. The first-order valence-corrected chi connectivity index (χ1v) is 6.80. The monoisotopic (exact) mass is 353 g/mol. The van der Waals surface area contributed by atoms with Crippen LogP contribution in [0.4, 0.5) is 5.95 Å². The van der Waals surface area contributed by atoms with Crippen molar-refractivity contribution >= 4 is 27.8 Å². The van der Waals surface area contributed by atoms with Crippen LogP contribution in [0.5, 0.6) is 0 Å². The fraction of sp³-hybridized carbons (Fsp3) is 0.273. The van der Waals surface area contributed by atoms with Gasteiger partial charge in [-0.25, -0.2) is 9.78 Å². The summed E-state index contributed by atoms with van der Waals surface area (Å²) in [6.07, 6.45) is 2.43. The normalized spacial score (nSPS) is 13.2. The van der Waals surface area contributed by atoms with E-state index in [-0.39, 0.29) is 16.1 Å². The van der Waals surface area contributed by atoms with Crippen LogP contribution in [0.15, 0.2) is 10.8 Å². The molecular formula is C11H8BrN5O4. The number of nitro groups is 1. The van der Waals surface area contributed by atoms with Gasteiger partial charge in [0.1, 0.15) is 5.56 Å². The molecular weight excluding hydrogens is 346 g/mol. The van der Waals surface area contributed by atoms with Gasteiger partial charge in [-0.2, -0.15) is 0 Å². The number of carboxylic acids is 1. The molecule has 2 aromatic rings. The van der Waals surface area contributed by atoms with Gasteiger partial charge in [0, 0.05) is 26.7 Å². The number of halogens is 1. The van der Waals surface area contributed by atoms with Gasteiger partial charge in [-0.15, -0.1) is 4.68 Å². The summed E-state index contributed by atoms with van der Waals surface area (Å²) >= 11 is 3.04. The van der Waals surface area contributed by atoms with Crippen molar-refractivity contribution in [2.75, 3.05) is 0 Å². The Bertz CT molecular complexity index is 772. The number of nitrogens with zero attached hydrogens (tertiary/aromatic N) is 5. The summed E-state index contributed by atoms with van der Waals surface area (Å²) in [5, 5.41) is 23.7. The van der Waals surface area contributed by atoms with Crippen LogP contribution in [0.3, 0.4) is 0 Å². The molecule has 0 bridgehead atoms. The second-order valence-electron chi connectivity index (χ2n) is 4.47. The fourth-order valence-corrected chi connectivity index (χ4v) is 2.68. The third-order valence-electron chi connectivity index (χ3n) is 3.18. The van der Waals surface area contributed by atoms with Crippen LogP contribution in [0.2, 0.25) is 0 Å². The topological polar surface area (TPSA) is 124 Å². The van der Waals surface area contributed by atoms with Crippen LogP contribution in [-0.4, -0.2) is 35.7 Å². The quantitative estimate of drug-likeness (QED) is 0.654. The largest absolute Gasteiger partial charge is 0.492 e. The van der Waals surface area contributed by atoms with Crippen LogP contribution in [0.25, 0.3) is 5.82 Å². The molecule has 21 heavy (non-hydrogen) atoms. The predicted molar refractivity (Wildman–Crippen MR) is 72.5 cm³/mol. The van der Waals surface area contributed by atoms with Crippen LogP contribution in [0.1, 0.15) is 28.0 Å². The number of rotatable bonds is 3. The van der Waals surface area contributed by atoms with Crippen LogP contribution in [-0.2, 0) is 12.8 Å². The zero-order chi connectivity index (χ0) is 15.1. The van der Waals surface area contributed by atoms with Crippen molar-refractivity contribution in [3.63, 3.8) is 0 Å². The zero-order valence-corrected chi connectivity index (χ0v) is 12.1. The number of aromatic nitrogens is 4. The van der Waals surface area contributed by atoms with Crippen molar-refractivity contribution in [2.24, 2.45) is 0 Å². The highest BCUT2D eigenvalue weighted by Crippen LogP contribution is 2.26. The smallest absolute Gasteiger partial charge is 0.478 e. The van der Waals surface area contributed by atoms with Crippen LogP contribution >= 0.6 is 15.9 Å². The number of hydrogen-bond donors (Lipinski definition) is 1. The Morgan fingerprint density at radius 1 is 1.43 bits per heavy atom. The number of aromatic carboxylic acids is 1. The lowest BCUT2D eigenvalue weighted by Gasteiger charge is -2.06. The summed E-state index contributed by atoms with van der Waals surface area (Å²) < 4.78 is 1.06. The summed E-state index contributed by atoms with van der Waals surface area (Å²) in [5.74, 6) is -1.77. The second-order valence-corrected chi connectivity index (χ2v) is 5.18. The number of carboxylic acid groups (broad SMARTS) is 1. The van der Waals surface area contributed by atoms with Gasteiger partial charge in [0.25, 0.3) is 4.73 Å². The average molecular weight is 354 g/mol. The number of aryl methyl sites for hydroxylation is 2. The van der Waals surface area contributed by atoms with Gasteiger partial charge in [0.05, 0.1) is 0 Å². The van der Waals surface area contributed by atoms with Crippen molar-refractivity contribution in [3.8, 4) is 5.82 Å². The SMILES string of the molecule is O=C(O)c1cc2c(nc1-n1nc([N+](=O)[O-])nc1Br)CCC2. The predicted octanol–water partition coefficient (Wildman–Crippen LogP) is 1.52. The Morgan fingerprint density at radius 3 is 2.81 bits per heavy atom. The molecule has 9 nitrogen and oxygen atoms in total. The summed E-state index contributed by atoms with van der Waals surface area (Å²) in [6, 6.07) is 1.55. The van der Waals surface area contributed by atoms with Gasteiger partial charge >= 0.3 is 11.9 Å². The second kappa shape index (κ2) is 4.88. The van der Waals surface area contributed by atoms with E-state index in [0.29, 0.717) is 0 Å². The van der Waals surface area contributed by atoms with Gasteiger partial charge in [-0.3, -0.25) is 0 Å². The van der Waals surface area contributed by atoms with E-state index in [1.807, 2.05) is 0 Å². The van der Waals surface area contributed by atoms with E-state index in [9.17, 15) is 20.0 Å². The number of hydrogen-bond acceptors (Lipinski definition) is 6. The molecule has 0 amide bonds.